The van der Waals surface area contributed by atoms with Crippen molar-refractivity contribution in [1.29, 1.82) is 0 Å². The molecule has 138 valence electrons. The van der Waals surface area contributed by atoms with Gasteiger partial charge in [-0.2, -0.15) is 0 Å². The van der Waals surface area contributed by atoms with Crippen LogP contribution in [0, 0.1) is 0 Å². The Bertz CT molecular complexity index is 810. The molecule has 0 bridgehead atoms. The second kappa shape index (κ2) is 8.97. The first-order valence-corrected chi connectivity index (χ1v) is 9.39. The minimum Gasteiger partial charge on any atom is -0.347 e. The van der Waals surface area contributed by atoms with E-state index in [2.05, 4.69) is 20.8 Å². The summed E-state index contributed by atoms with van der Waals surface area (Å²) in [6.07, 6.45) is 0. The van der Waals surface area contributed by atoms with Crippen LogP contribution in [0.25, 0.3) is 0 Å². The summed E-state index contributed by atoms with van der Waals surface area (Å²) in [6.45, 7) is 1.35. The van der Waals surface area contributed by atoms with Crippen LogP contribution in [-0.4, -0.2) is 52.2 Å². The fourth-order valence-electron chi connectivity index (χ4n) is 1.74. The van der Waals surface area contributed by atoms with E-state index in [1.165, 1.54) is 11.8 Å². The van der Waals surface area contributed by atoms with Crippen LogP contribution in [0.2, 0.25) is 5.02 Å². The molecular weight excluding hydrogens is 398 g/mol. The number of hydrogen-bond donors (Lipinski definition) is 2. The monoisotopic (exact) mass is 413 g/mol. The number of nitrogens with one attached hydrogen (secondary N) is 2. The van der Waals surface area contributed by atoms with Crippen molar-refractivity contribution >= 4 is 63.2 Å². The molecule has 8 nitrogen and oxygen atoms in total. The standard InChI is InChI=1S/C15H16ClN5O3S2/c1-8(22)11(12(23)21(2)3)25-15-20-19-14(26-15)18-13(24)17-10-6-4-9(16)5-7-10/h4-7,11H,1-3H3,(H2,17,18,19,24)/t11-/m0/s1. The lowest BCUT2D eigenvalue weighted by Crippen LogP contribution is -2.35. The molecule has 1 atom stereocenters. The maximum absolute atomic E-state index is 12.1. The molecule has 1 heterocycles. The van der Waals surface area contributed by atoms with E-state index >= 15 is 0 Å². The van der Waals surface area contributed by atoms with Crippen LogP contribution in [0.4, 0.5) is 15.6 Å². The average Bonchev–Trinajstić information content (AvgIpc) is 3.00. The minimum absolute atomic E-state index is 0.249. The van der Waals surface area contributed by atoms with E-state index in [-0.39, 0.29) is 16.8 Å². The third kappa shape index (κ3) is 5.68. The average molecular weight is 414 g/mol. The largest absolute Gasteiger partial charge is 0.347 e. The van der Waals surface area contributed by atoms with E-state index < -0.39 is 11.3 Å². The maximum atomic E-state index is 12.1. The van der Waals surface area contributed by atoms with Gasteiger partial charge in [0.15, 0.2) is 10.1 Å². The van der Waals surface area contributed by atoms with Crippen LogP contribution in [0.15, 0.2) is 28.6 Å². The lowest BCUT2D eigenvalue weighted by molar-refractivity contribution is -0.132. The summed E-state index contributed by atoms with van der Waals surface area (Å²) < 4.78 is 0.405. The molecule has 0 unspecified atom stereocenters. The molecule has 0 aliphatic rings. The van der Waals surface area contributed by atoms with Gasteiger partial charge in [0.2, 0.25) is 11.0 Å². The summed E-state index contributed by atoms with van der Waals surface area (Å²) >= 11 is 7.87. The number of halogens is 1. The van der Waals surface area contributed by atoms with Gasteiger partial charge in [-0.1, -0.05) is 34.7 Å². The second-order valence-corrected chi connectivity index (χ2v) is 8.07. The Balaban J connectivity index is 1.98. The first-order chi connectivity index (χ1) is 12.3. The van der Waals surface area contributed by atoms with Crippen LogP contribution in [0.5, 0.6) is 0 Å². The predicted octanol–water partition coefficient (Wildman–Crippen LogP) is 2.97. The lowest BCUT2D eigenvalue weighted by atomic mass is 10.3. The molecule has 0 saturated heterocycles. The highest BCUT2D eigenvalue weighted by Crippen LogP contribution is 2.30. The number of benzene rings is 1. The van der Waals surface area contributed by atoms with E-state index in [0.29, 0.717) is 15.0 Å². The second-order valence-electron chi connectivity index (χ2n) is 5.30. The van der Waals surface area contributed by atoms with Gasteiger partial charge in [-0.05, 0) is 31.2 Å². The van der Waals surface area contributed by atoms with Gasteiger partial charge in [0.1, 0.15) is 5.25 Å². The summed E-state index contributed by atoms with van der Waals surface area (Å²) in [5, 5.41) is 12.8. The predicted molar refractivity (Wildman–Crippen MR) is 103 cm³/mol. The van der Waals surface area contributed by atoms with Gasteiger partial charge in [-0.3, -0.25) is 14.9 Å². The van der Waals surface area contributed by atoms with E-state index in [9.17, 15) is 14.4 Å². The molecule has 0 aliphatic heterocycles. The highest BCUT2D eigenvalue weighted by Gasteiger charge is 2.27. The van der Waals surface area contributed by atoms with Crippen molar-refractivity contribution in [3.8, 4) is 0 Å². The number of urea groups is 1. The molecule has 11 heteroatoms. The van der Waals surface area contributed by atoms with Crippen LogP contribution < -0.4 is 10.6 Å². The Morgan fingerprint density at radius 3 is 2.38 bits per heavy atom. The molecular formula is C15H16ClN5O3S2. The number of anilines is 2. The van der Waals surface area contributed by atoms with Gasteiger partial charge in [-0.25, -0.2) is 4.79 Å². The van der Waals surface area contributed by atoms with Crippen LogP contribution in [0.1, 0.15) is 6.92 Å². The van der Waals surface area contributed by atoms with Gasteiger partial charge in [0.05, 0.1) is 0 Å². The van der Waals surface area contributed by atoms with Gasteiger partial charge in [-0.15, -0.1) is 10.2 Å². The van der Waals surface area contributed by atoms with E-state index in [4.69, 9.17) is 11.6 Å². The third-order valence-electron chi connectivity index (χ3n) is 2.98. The first kappa shape index (κ1) is 20.1. The Morgan fingerprint density at radius 2 is 1.81 bits per heavy atom. The molecule has 2 N–H and O–H groups in total. The van der Waals surface area contributed by atoms with E-state index in [0.717, 1.165) is 23.1 Å². The SMILES string of the molecule is CC(=O)[C@H](Sc1nnc(NC(=O)Nc2ccc(Cl)cc2)s1)C(=O)N(C)C. The van der Waals surface area contributed by atoms with Crippen LogP contribution in [-0.2, 0) is 9.59 Å². The van der Waals surface area contributed by atoms with Crippen molar-refractivity contribution in [1.82, 2.24) is 15.1 Å². The lowest BCUT2D eigenvalue weighted by Gasteiger charge is -2.16. The normalized spacial score (nSPS) is 11.5. The molecule has 26 heavy (non-hydrogen) atoms. The molecule has 1 aromatic heterocycles. The highest BCUT2D eigenvalue weighted by atomic mass is 35.5. The quantitative estimate of drug-likeness (QED) is 0.428. The number of thioether (sulfide) groups is 1. The molecule has 0 radical (unpaired) electrons. The Morgan fingerprint density at radius 1 is 1.15 bits per heavy atom. The number of aromatic nitrogens is 2. The smallest absolute Gasteiger partial charge is 0.325 e. The van der Waals surface area contributed by atoms with Crippen molar-refractivity contribution in [3.05, 3.63) is 29.3 Å². The summed E-state index contributed by atoms with van der Waals surface area (Å²) in [5.74, 6) is -0.605. The third-order valence-corrected chi connectivity index (χ3v) is 5.46. The van der Waals surface area contributed by atoms with Crippen molar-refractivity contribution in [2.45, 2.75) is 16.5 Å². The fourth-order valence-corrected chi connectivity index (χ4v) is 3.83. The summed E-state index contributed by atoms with van der Waals surface area (Å²) in [5.41, 5.74) is 0.569. The van der Waals surface area contributed by atoms with Gasteiger partial charge in [0.25, 0.3) is 0 Å². The summed E-state index contributed by atoms with van der Waals surface area (Å²) in [4.78, 5) is 37.1. The molecule has 1 aromatic carbocycles. The van der Waals surface area contributed by atoms with Crippen molar-refractivity contribution < 1.29 is 14.4 Å². The molecule has 3 amide bonds. The van der Waals surface area contributed by atoms with E-state index in [1.54, 1.807) is 38.4 Å². The van der Waals surface area contributed by atoms with Crippen LogP contribution in [0.3, 0.4) is 0 Å². The number of rotatable bonds is 6. The zero-order valence-corrected chi connectivity index (χ0v) is 16.5. The number of ketones is 1. The number of Topliss-reactive ketones (excluding diaryl/α,β-unsaturated/α-hetero) is 1. The minimum atomic E-state index is -0.895. The topological polar surface area (TPSA) is 104 Å². The zero-order valence-electron chi connectivity index (χ0n) is 14.1. The van der Waals surface area contributed by atoms with Crippen LogP contribution >= 0.6 is 34.7 Å². The van der Waals surface area contributed by atoms with Gasteiger partial charge in [0, 0.05) is 24.8 Å². The highest BCUT2D eigenvalue weighted by molar-refractivity contribution is 8.03. The van der Waals surface area contributed by atoms with E-state index in [1.807, 2.05) is 0 Å². The Hall–Kier alpha value is -2.17. The Labute approximate surface area is 163 Å². The molecule has 2 aromatic rings. The van der Waals surface area contributed by atoms with Gasteiger partial charge < -0.3 is 10.2 Å². The number of carbonyl (C=O) groups is 3. The fraction of sp³-hybridized carbons (Fsp3) is 0.267. The first-order valence-electron chi connectivity index (χ1n) is 7.31. The molecule has 0 fully saturated rings. The van der Waals surface area contributed by atoms with Crippen molar-refractivity contribution in [3.63, 3.8) is 0 Å². The Kier molecular flexibility index (Phi) is 6.95. The number of carbonyl (C=O) groups excluding carboxylic acids is 3. The van der Waals surface area contributed by atoms with Gasteiger partial charge >= 0.3 is 6.03 Å². The number of nitrogens with zero attached hydrogens (tertiary/aromatic N) is 3. The summed E-state index contributed by atoms with van der Waals surface area (Å²) in [6, 6.07) is 6.13. The number of hydrogen-bond acceptors (Lipinski definition) is 7. The van der Waals surface area contributed by atoms with Crippen molar-refractivity contribution in [2.24, 2.45) is 0 Å². The maximum Gasteiger partial charge on any atom is 0.325 e. The molecule has 0 aliphatic carbocycles. The van der Waals surface area contributed by atoms with Crippen molar-refractivity contribution in [2.75, 3.05) is 24.7 Å². The molecule has 0 saturated carbocycles. The summed E-state index contributed by atoms with van der Waals surface area (Å²) in [7, 11) is 3.15. The zero-order chi connectivity index (χ0) is 19.3. The molecule has 2 rings (SSSR count). The number of amides is 3. The molecule has 0 spiro atoms.